The van der Waals surface area contributed by atoms with Gasteiger partial charge in [0.05, 0.1) is 10.7 Å². The van der Waals surface area contributed by atoms with Crippen LogP contribution in [0.1, 0.15) is 18.4 Å². The molecule has 2 aromatic carbocycles. The van der Waals surface area contributed by atoms with Gasteiger partial charge in [-0.1, -0.05) is 41.9 Å². The Kier molecular flexibility index (Phi) is 5.63. The molecule has 1 heterocycles. The summed E-state index contributed by atoms with van der Waals surface area (Å²) in [6.07, 6.45) is 0.859. The van der Waals surface area contributed by atoms with Crippen LogP contribution in [0.25, 0.3) is 0 Å². The fourth-order valence-corrected chi connectivity index (χ4v) is 3.07. The van der Waals surface area contributed by atoms with Gasteiger partial charge in [0.15, 0.2) is 0 Å². The predicted octanol–water partition coefficient (Wildman–Crippen LogP) is 3.66. The van der Waals surface area contributed by atoms with Crippen molar-refractivity contribution in [3.63, 3.8) is 0 Å². The maximum Gasteiger partial charge on any atom is 0.410 e. The minimum Gasteiger partial charge on any atom is -0.445 e. The van der Waals surface area contributed by atoms with E-state index in [1.54, 1.807) is 18.2 Å². The number of amides is 2. The van der Waals surface area contributed by atoms with Crippen LogP contribution < -0.4 is 11.1 Å². The predicted molar refractivity (Wildman–Crippen MR) is 101 cm³/mol. The zero-order valence-electron chi connectivity index (χ0n) is 14.2. The number of rotatable bonds is 4. The fraction of sp³-hybridized carbons (Fsp3) is 0.263. The number of carbonyl (C=O) groups is 2. The summed E-state index contributed by atoms with van der Waals surface area (Å²) in [7, 11) is 0. The molecule has 2 amide bonds. The second-order valence-electron chi connectivity index (χ2n) is 6.12. The van der Waals surface area contributed by atoms with Crippen LogP contribution in [0.15, 0.2) is 48.5 Å². The van der Waals surface area contributed by atoms with Crippen LogP contribution in [0.3, 0.4) is 0 Å². The third kappa shape index (κ3) is 4.26. The van der Waals surface area contributed by atoms with Gasteiger partial charge >= 0.3 is 6.09 Å². The highest BCUT2D eigenvalue weighted by molar-refractivity contribution is 6.33. The molecule has 6 nitrogen and oxygen atoms in total. The van der Waals surface area contributed by atoms with Crippen LogP contribution in [0, 0.1) is 0 Å². The first-order valence-corrected chi connectivity index (χ1v) is 8.75. The van der Waals surface area contributed by atoms with Crippen molar-refractivity contribution in [2.45, 2.75) is 25.5 Å². The Morgan fingerprint density at radius 1 is 1.23 bits per heavy atom. The van der Waals surface area contributed by atoms with Crippen LogP contribution in [-0.2, 0) is 16.1 Å². The standard InChI is InChI=1S/C19H20ClN3O3/c20-15-11-14(8-9-16(15)21)22-18(24)17-7-4-10-23(17)19(25)26-12-13-5-2-1-3-6-13/h1-3,5-6,8-9,11,17H,4,7,10,12,21H2,(H,22,24). The number of likely N-dealkylation sites (tertiary alicyclic amines) is 1. The number of benzene rings is 2. The maximum atomic E-state index is 12.6. The monoisotopic (exact) mass is 373 g/mol. The highest BCUT2D eigenvalue weighted by atomic mass is 35.5. The molecule has 0 radical (unpaired) electrons. The Bertz CT molecular complexity index is 798. The highest BCUT2D eigenvalue weighted by Crippen LogP contribution is 2.24. The van der Waals surface area contributed by atoms with Gasteiger partial charge in [-0.25, -0.2) is 4.79 Å². The molecule has 1 saturated heterocycles. The molecule has 0 spiro atoms. The molecule has 1 atom stereocenters. The van der Waals surface area contributed by atoms with E-state index in [0.29, 0.717) is 29.4 Å². The van der Waals surface area contributed by atoms with E-state index in [9.17, 15) is 9.59 Å². The average molecular weight is 374 g/mol. The number of ether oxygens (including phenoxy) is 1. The van der Waals surface area contributed by atoms with Gasteiger partial charge in [-0.3, -0.25) is 9.69 Å². The second kappa shape index (κ2) is 8.10. The number of nitrogens with two attached hydrogens (primary N) is 1. The minimum atomic E-state index is -0.561. The molecule has 3 N–H and O–H groups in total. The number of hydrogen-bond donors (Lipinski definition) is 2. The van der Waals surface area contributed by atoms with Crippen molar-refractivity contribution in [3.8, 4) is 0 Å². The van der Waals surface area contributed by atoms with Crippen molar-refractivity contribution in [2.75, 3.05) is 17.6 Å². The molecule has 1 aliphatic heterocycles. The SMILES string of the molecule is Nc1ccc(NC(=O)C2CCCN2C(=O)OCc2ccccc2)cc1Cl. The molecule has 26 heavy (non-hydrogen) atoms. The largest absolute Gasteiger partial charge is 0.445 e. The van der Waals surface area contributed by atoms with E-state index in [-0.39, 0.29) is 12.5 Å². The number of anilines is 2. The van der Waals surface area contributed by atoms with E-state index in [2.05, 4.69) is 5.32 Å². The highest BCUT2D eigenvalue weighted by Gasteiger charge is 2.35. The van der Waals surface area contributed by atoms with Crippen molar-refractivity contribution in [1.29, 1.82) is 0 Å². The number of nitrogens with one attached hydrogen (secondary N) is 1. The van der Waals surface area contributed by atoms with Gasteiger partial charge in [0.25, 0.3) is 0 Å². The Morgan fingerprint density at radius 3 is 2.73 bits per heavy atom. The van der Waals surface area contributed by atoms with Gasteiger partial charge in [-0.05, 0) is 36.6 Å². The first kappa shape index (κ1) is 18.1. The summed E-state index contributed by atoms with van der Waals surface area (Å²) in [5.74, 6) is -0.264. The summed E-state index contributed by atoms with van der Waals surface area (Å²) >= 11 is 5.97. The molecule has 1 fully saturated rings. The molecule has 7 heteroatoms. The molecule has 3 rings (SSSR count). The summed E-state index contributed by atoms with van der Waals surface area (Å²) < 4.78 is 5.35. The Labute approximate surface area is 156 Å². The summed E-state index contributed by atoms with van der Waals surface area (Å²) in [4.78, 5) is 26.4. The van der Waals surface area contributed by atoms with Crippen molar-refractivity contribution in [3.05, 3.63) is 59.1 Å². The van der Waals surface area contributed by atoms with Crippen molar-refractivity contribution in [2.24, 2.45) is 0 Å². The van der Waals surface area contributed by atoms with E-state index in [1.165, 1.54) is 4.90 Å². The molecule has 1 unspecified atom stereocenters. The van der Waals surface area contributed by atoms with Gasteiger partial charge in [-0.15, -0.1) is 0 Å². The molecular formula is C19H20ClN3O3. The number of halogens is 1. The van der Waals surface area contributed by atoms with Crippen molar-refractivity contribution in [1.82, 2.24) is 4.90 Å². The maximum absolute atomic E-state index is 12.6. The van der Waals surface area contributed by atoms with Crippen molar-refractivity contribution >= 4 is 35.0 Å². The Balaban J connectivity index is 1.60. The molecule has 0 aliphatic carbocycles. The van der Waals surface area contributed by atoms with E-state index in [4.69, 9.17) is 22.1 Å². The third-order valence-electron chi connectivity index (χ3n) is 4.26. The third-order valence-corrected chi connectivity index (χ3v) is 4.59. The Hall–Kier alpha value is -2.73. The van der Waals surface area contributed by atoms with E-state index in [1.807, 2.05) is 30.3 Å². The smallest absolute Gasteiger partial charge is 0.410 e. The van der Waals surface area contributed by atoms with Crippen LogP contribution in [0.2, 0.25) is 5.02 Å². The average Bonchev–Trinajstić information content (AvgIpc) is 3.14. The minimum absolute atomic E-state index is 0.179. The first-order chi connectivity index (χ1) is 12.5. The topological polar surface area (TPSA) is 84.7 Å². The summed E-state index contributed by atoms with van der Waals surface area (Å²) in [6.45, 7) is 0.673. The number of carbonyl (C=O) groups excluding carboxylic acids is 2. The molecule has 0 aromatic heterocycles. The van der Waals surface area contributed by atoms with E-state index in [0.717, 1.165) is 12.0 Å². The van der Waals surface area contributed by atoms with Crippen LogP contribution in [0.5, 0.6) is 0 Å². The number of nitrogens with zero attached hydrogens (tertiary/aromatic N) is 1. The van der Waals surface area contributed by atoms with Gasteiger partial charge < -0.3 is 15.8 Å². The van der Waals surface area contributed by atoms with Gasteiger partial charge in [0.2, 0.25) is 5.91 Å². The van der Waals surface area contributed by atoms with Crippen LogP contribution >= 0.6 is 11.6 Å². The Morgan fingerprint density at radius 2 is 2.00 bits per heavy atom. The van der Waals surface area contributed by atoms with E-state index < -0.39 is 12.1 Å². The van der Waals surface area contributed by atoms with Gasteiger partial charge in [0.1, 0.15) is 12.6 Å². The normalized spacial score (nSPS) is 16.3. The molecule has 0 bridgehead atoms. The molecule has 2 aromatic rings. The lowest BCUT2D eigenvalue weighted by atomic mass is 10.2. The summed E-state index contributed by atoms with van der Waals surface area (Å²) in [6, 6.07) is 13.7. The number of nitrogen functional groups attached to an aromatic ring is 1. The van der Waals surface area contributed by atoms with Crippen molar-refractivity contribution < 1.29 is 14.3 Å². The fourth-order valence-electron chi connectivity index (χ4n) is 2.89. The zero-order chi connectivity index (χ0) is 18.5. The first-order valence-electron chi connectivity index (χ1n) is 8.38. The molecule has 0 saturated carbocycles. The lowest BCUT2D eigenvalue weighted by Gasteiger charge is -2.23. The summed E-state index contributed by atoms with van der Waals surface area (Å²) in [5.41, 5.74) is 7.55. The second-order valence-corrected chi connectivity index (χ2v) is 6.52. The van der Waals surface area contributed by atoms with E-state index >= 15 is 0 Å². The quantitative estimate of drug-likeness (QED) is 0.801. The lowest BCUT2D eigenvalue weighted by Crippen LogP contribution is -2.43. The molecule has 1 aliphatic rings. The van der Waals surface area contributed by atoms with Crippen LogP contribution in [0.4, 0.5) is 16.2 Å². The van der Waals surface area contributed by atoms with Gasteiger partial charge in [-0.2, -0.15) is 0 Å². The summed E-state index contributed by atoms with van der Waals surface area (Å²) in [5, 5.41) is 3.15. The number of hydrogen-bond acceptors (Lipinski definition) is 4. The van der Waals surface area contributed by atoms with Gasteiger partial charge in [0, 0.05) is 12.2 Å². The zero-order valence-corrected chi connectivity index (χ0v) is 14.9. The molecular weight excluding hydrogens is 354 g/mol. The van der Waals surface area contributed by atoms with Crippen LogP contribution in [-0.4, -0.2) is 29.5 Å². The lowest BCUT2D eigenvalue weighted by molar-refractivity contribution is -0.120. The molecule has 136 valence electrons.